The zero-order chi connectivity index (χ0) is 8.55. The van der Waals surface area contributed by atoms with Crippen molar-refractivity contribution in [3.05, 3.63) is 18.1 Å². The first-order chi connectivity index (χ1) is 5.79. The van der Waals surface area contributed by atoms with Crippen molar-refractivity contribution in [2.24, 2.45) is 0 Å². The number of hydrogen-bond donors (Lipinski definition) is 0. The molecule has 1 heteroatoms. The summed E-state index contributed by atoms with van der Waals surface area (Å²) in [5, 5.41) is 0. The Morgan fingerprint density at radius 1 is 1.33 bits per heavy atom. The molecule has 1 fully saturated rings. The molecule has 0 N–H and O–H groups in total. The van der Waals surface area contributed by atoms with Crippen molar-refractivity contribution in [2.75, 3.05) is 13.1 Å². The average Bonchev–Trinajstić information content (AvgIpc) is 2.12. The molecular formula is C11H17N. The van der Waals surface area contributed by atoms with E-state index < -0.39 is 0 Å². The van der Waals surface area contributed by atoms with Crippen molar-refractivity contribution in [3.8, 4) is 0 Å². The van der Waals surface area contributed by atoms with Crippen molar-refractivity contribution in [2.45, 2.75) is 38.6 Å². The summed E-state index contributed by atoms with van der Waals surface area (Å²) < 4.78 is 0. The third-order valence-electron chi connectivity index (χ3n) is 3.29. The molecule has 2 aliphatic rings. The fourth-order valence-electron chi connectivity index (χ4n) is 2.42. The average molecular weight is 163 g/mol. The highest BCUT2D eigenvalue weighted by atomic mass is 15.2. The smallest absolute Gasteiger partial charge is 0.0307 e. The number of hydrogen-bond acceptors (Lipinski definition) is 1. The van der Waals surface area contributed by atoms with Gasteiger partial charge in [-0.1, -0.05) is 17.6 Å². The maximum atomic E-state index is 5.94. The van der Waals surface area contributed by atoms with E-state index in [4.69, 9.17) is 6.92 Å². The van der Waals surface area contributed by atoms with E-state index >= 15 is 0 Å². The van der Waals surface area contributed by atoms with Crippen LogP contribution in [0.15, 0.2) is 11.1 Å². The molecule has 0 aliphatic carbocycles. The van der Waals surface area contributed by atoms with E-state index in [9.17, 15) is 0 Å². The van der Waals surface area contributed by atoms with Gasteiger partial charge in [-0.2, -0.15) is 0 Å². The fourth-order valence-corrected chi connectivity index (χ4v) is 2.42. The first-order valence-corrected chi connectivity index (χ1v) is 4.98. The summed E-state index contributed by atoms with van der Waals surface area (Å²) >= 11 is 0. The summed E-state index contributed by atoms with van der Waals surface area (Å²) in [6, 6.07) is 0.687. The molecule has 0 aromatic carbocycles. The molecule has 0 amide bonds. The van der Waals surface area contributed by atoms with Crippen LogP contribution in [-0.2, 0) is 0 Å². The minimum atomic E-state index is 0.687. The van der Waals surface area contributed by atoms with Gasteiger partial charge in [0.15, 0.2) is 0 Å². The second kappa shape index (κ2) is 3.21. The van der Waals surface area contributed by atoms with Crippen LogP contribution in [0.5, 0.6) is 0 Å². The van der Waals surface area contributed by atoms with Crippen LogP contribution in [0, 0.1) is 6.92 Å². The molecule has 0 bridgehead atoms. The van der Waals surface area contributed by atoms with Gasteiger partial charge in [-0.3, -0.25) is 4.90 Å². The fraction of sp³-hybridized carbons (Fsp3) is 0.727. The zero-order valence-corrected chi connectivity index (χ0v) is 7.84. The summed E-state index contributed by atoms with van der Waals surface area (Å²) in [5.41, 5.74) is 2.60. The standard InChI is InChI=1S/C11H17N/c1-9-6-8-12-7-4-3-5-11(12)10(9)2/h1,11H,3-8H2,2H3. The Kier molecular flexibility index (Phi) is 2.22. The molecule has 0 aromatic rings. The lowest BCUT2D eigenvalue weighted by molar-refractivity contribution is 0.163. The minimum absolute atomic E-state index is 0.687. The highest BCUT2D eigenvalue weighted by Gasteiger charge is 2.27. The molecule has 2 heterocycles. The van der Waals surface area contributed by atoms with Crippen molar-refractivity contribution in [1.29, 1.82) is 0 Å². The van der Waals surface area contributed by atoms with Crippen LogP contribution >= 0.6 is 0 Å². The maximum absolute atomic E-state index is 5.94. The lowest BCUT2D eigenvalue weighted by Gasteiger charge is -2.40. The molecule has 2 rings (SSSR count). The lowest BCUT2D eigenvalue weighted by Crippen LogP contribution is -2.43. The Hall–Kier alpha value is -0.300. The van der Waals surface area contributed by atoms with Gasteiger partial charge in [0.1, 0.15) is 0 Å². The van der Waals surface area contributed by atoms with E-state index in [-0.39, 0.29) is 0 Å². The molecule has 2 aliphatic heterocycles. The summed E-state index contributed by atoms with van der Waals surface area (Å²) in [7, 11) is 0. The van der Waals surface area contributed by atoms with Crippen molar-refractivity contribution >= 4 is 0 Å². The number of piperidine rings is 1. The van der Waals surface area contributed by atoms with Crippen LogP contribution < -0.4 is 0 Å². The molecule has 0 aromatic heterocycles. The largest absolute Gasteiger partial charge is 0.296 e. The normalized spacial score (nSPS) is 32.0. The Bertz CT molecular complexity index is 205. The van der Waals surface area contributed by atoms with E-state index in [2.05, 4.69) is 11.8 Å². The van der Waals surface area contributed by atoms with E-state index in [0.29, 0.717) is 6.04 Å². The Labute approximate surface area is 75.4 Å². The van der Waals surface area contributed by atoms with Crippen molar-refractivity contribution < 1.29 is 0 Å². The van der Waals surface area contributed by atoms with E-state index in [1.807, 2.05) is 0 Å². The van der Waals surface area contributed by atoms with Crippen LogP contribution in [0.3, 0.4) is 0 Å². The quantitative estimate of drug-likeness (QED) is 0.529. The van der Waals surface area contributed by atoms with Gasteiger partial charge in [0.25, 0.3) is 0 Å². The molecule has 0 spiro atoms. The predicted octanol–water partition coefficient (Wildman–Crippen LogP) is 2.27. The monoisotopic (exact) mass is 163 g/mol. The molecule has 1 nitrogen and oxygen atoms in total. The molecule has 1 unspecified atom stereocenters. The first kappa shape index (κ1) is 8.31. The third kappa shape index (κ3) is 1.31. The van der Waals surface area contributed by atoms with Crippen LogP contribution in [0.25, 0.3) is 0 Å². The van der Waals surface area contributed by atoms with Gasteiger partial charge >= 0.3 is 0 Å². The summed E-state index contributed by atoms with van der Waals surface area (Å²) in [6.45, 7) is 10.6. The topological polar surface area (TPSA) is 3.24 Å². The van der Waals surface area contributed by atoms with Crippen LogP contribution in [0.2, 0.25) is 0 Å². The summed E-state index contributed by atoms with van der Waals surface area (Å²) in [5.74, 6) is 0. The van der Waals surface area contributed by atoms with Gasteiger partial charge in [0.2, 0.25) is 0 Å². The zero-order valence-electron chi connectivity index (χ0n) is 7.84. The molecule has 0 saturated carbocycles. The van der Waals surface area contributed by atoms with E-state index in [1.54, 1.807) is 0 Å². The van der Waals surface area contributed by atoms with Gasteiger partial charge in [-0.05, 0) is 39.7 Å². The molecular weight excluding hydrogens is 146 g/mol. The minimum Gasteiger partial charge on any atom is -0.296 e. The van der Waals surface area contributed by atoms with Crippen molar-refractivity contribution in [3.63, 3.8) is 0 Å². The summed E-state index contributed by atoms with van der Waals surface area (Å²) in [6.07, 6.45) is 5.17. The highest BCUT2D eigenvalue weighted by Crippen LogP contribution is 2.29. The predicted molar refractivity (Wildman–Crippen MR) is 50.8 cm³/mol. The molecule has 12 heavy (non-hydrogen) atoms. The Morgan fingerprint density at radius 2 is 2.17 bits per heavy atom. The van der Waals surface area contributed by atoms with Crippen molar-refractivity contribution in [1.82, 2.24) is 4.90 Å². The number of rotatable bonds is 0. The second-order valence-corrected chi connectivity index (χ2v) is 4.01. The van der Waals surface area contributed by atoms with Gasteiger partial charge in [-0.15, -0.1) is 0 Å². The van der Waals surface area contributed by atoms with Gasteiger partial charge in [0, 0.05) is 12.6 Å². The second-order valence-electron chi connectivity index (χ2n) is 4.01. The SMILES string of the molecule is [CH]C1=C(C)C2CCCCN2CC1. The van der Waals surface area contributed by atoms with Gasteiger partial charge in [0.05, 0.1) is 0 Å². The van der Waals surface area contributed by atoms with Crippen LogP contribution in [0.4, 0.5) is 0 Å². The third-order valence-corrected chi connectivity index (χ3v) is 3.29. The van der Waals surface area contributed by atoms with E-state index in [1.165, 1.54) is 37.9 Å². The van der Waals surface area contributed by atoms with Crippen LogP contribution in [-0.4, -0.2) is 24.0 Å². The molecule has 2 radical (unpaired) electrons. The first-order valence-electron chi connectivity index (χ1n) is 4.98. The van der Waals surface area contributed by atoms with Crippen LogP contribution in [0.1, 0.15) is 32.6 Å². The Morgan fingerprint density at radius 3 is 3.00 bits per heavy atom. The summed E-state index contributed by atoms with van der Waals surface area (Å²) in [4.78, 5) is 2.59. The van der Waals surface area contributed by atoms with Gasteiger partial charge < -0.3 is 0 Å². The molecule has 66 valence electrons. The molecule has 1 atom stereocenters. The number of fused-ring (bicyclic) bond motifs is 1. The lowest BCUT2D eigenvalue weighted by atomic mass is 9.88. The molecule has 1 saturated heterocycles. The Balaban J connectivity index is 2.17. The maximum Gasteiger partial charge on any atom is 0.0307 e. The van der Waals surface area contributed by atoms with Gasteiger partial charge in [-0.25, -0.2) is 0 Å². The highest BCUT2D eigenvalue weighted by molar-refractivity contribution is 5.24. The van der Waals surface area contributed by atoms with E-state index in [0.717, 1.165) is 12.0 Å². The number of nitrogens with zero attached hydrogens (tertiary/aromatic N) is 1.